The molecular formula is C109H94BrCl3FN5O15S6. The zero-order valence-electron chi connectivity index (χ0n) is 76.2. The van der Waals surface area contributed by atoms with Gasteiger partial charge in [-0.1, -0.05) is 295 Å². The summed E-state index contributed by atoms with van der Waals surface area (Å²) in [6.45, 7) is 11.2. The van der Waals surface area contributed by atoms with Gasteiger partial charge in [0.15, 0.2) is 6.17 Å². The number of carboxylic acid groups (broad SMARTS) is 4. The number of carbonyl (C=O) groups excluding carboxylic acids is 5. The highest BCUT2D eigenvalue weighted by Gasteiger charge is 2.32. The number of rotatable bonds is 30. The molecule has 20 nitrogen and oxygen atoms in total. The van der Waals surface area contributed by atoms with Gasteiger partial charge in [-0.3, -0.25) is 19.2 Å². The molecule has 0 aliphatic rings. The number of esters is 1. The first-order valence-electron chi connectivity index (χ1n) is 43.7. The van der Waals surface area contributed by atoms with Gasteiger partial charge in [0.05, 0.1) is 4.99 Å². The summed E-state index contributed by atoms with van der Waals surface area (Å²) >= 11 is 32.6. The molecule has 0 bridgehead atoms. The number of thiocarbonyl (C=S) groups is 1. The first kappa shape index (κ1) is 106. The van der Waals surface area contributed by atoms with Crippen LogP contribution in [-0.4, -0.2) is 90.7 Å². The summed E-state index contributed by atoms with van der Waals surface area (Å²) in [4.78, 5) is 111. The van der Waals surface area contributed by atoms with Gasteiger partial charge < -0.3 is 56.2 Å². The zero-order valence-corrected chi connectivity index (χ0v) is 84.9. The summed E-state index contributed by atoms with van der Waals surface area (Å²) in [7, 11) is 0. The van der Waals surface area contributed by atoms with E-state index in [2.05, 4.69) is 67.6 Å². The minimum absolute atomic E-state index is 0.0671. The highest BCUT2D eigenvalue weighted by atomic mass is 79.9. The number of aryl methyl sites for hydroxylation is 3. The van der Waals surface area contributed by atoms with Gasteiger partial charge >= 0.3 is 29.8 Å². The molecule has 9 N–H and O–H groups in total. The molecular weight excluding hydrogens is 2020 g/mol. The van der Waals surface area contributed by atoms with Crippen LogP contribution in [0.2, 0.25) is 15.1 Å². The Morgan fingerprint density at radius 3 is 1.14 bits per heavy atom. The number of halogens is 5. The Morgan fingerprint density at radius 2 is 0.743 bits per heavy atom. The lowest BCUT2D eigenvalue weighted by molar-refractivity contribution is -0.121. The lowest BCUT2D eigenvalue weighted by Gasteiger charge is -2.20. The van der Waals surface area contributed by atoms with Gasteiger partial charge in [-0.2, -0.15) is 0 Å². The molecule has 16 aromatic rings. The van der Waals surface area contributed by atoms with Crippen molar-refractivity contribution in [3.63, 3.8) is 0 Å². The van der Waals surface area contributed by atoms with Crippen LogP contribution in [0.4, 0.5) is 29.4 Å². The molecule has 6 heterocycles. The normalized spacial score (nSPS) is 11.5. The van der Waals surface area contributed by atoms with Crippen molar-refractivity contribution in [2.45, 2.75) is 98.3 Å². The standard InChI is InChI=1S/C26H25NO4S.C21H18BrNO3S.C21H18ClNO3S.C21H18ClNO2S2.C20H15ClFNO3S/c1-26(2,3)31-25(29)23-19(21-15-18-11-7-8-12-20(18)30-21)16-32-24(23)27-22(28)14-13-17-9-5-4-6-10-17;2*1-13(11-14-5-3-2-4-6-14)19(24)23-20-18(21(25)26)17(12-27-20)15-7-9-16(22)10-8-15;1-13-3-2-4-14(11-13)5-10-18(26)23-20-19(21(24)25)17(12-27-20)15-6-8-16(22)9-7-15;21-14-8-6-13(7-9-14)15-11-27-19(17(15)20(25)26)23-18(24)16(22)10-12-4-2-1-3-5-12/h4-12,15-16H,13-14H2,1-3H3,(H,27,28);2*2-10,12-13H,11H2,1H3,(H,23,24)(H,25,26);2-4,6-9,11-12H,5,10H2,1H3,(H,23,26)(H,24,25);1-9,11,16H,10H2,(H,23,24)(H,25,26). The maximum absolute atomic E-state index is 14.3. The van der Waals surface area contributed by atoms with Gasteiger partial charge in [0.25, 0.3) is 5.91 Å². The number of hydrogen-bond donors (Lipinski definition) is 9. The number of carbonyl (C=O) groups is 9. The van der Waals surface area contributed by atoms with E-state index < -0.39 is 47.5 Å². The topological polar surface area (TPSA) is 317 Å². The van der Waals surface area contributed by atoms with Gasteiger partial charge in [-0.05, 0) is 164 Å². The molecule has 31 heteroatoms. The minimum Gasteiger partial charge on any atom is -0.478 e. The molecule has 716 valence electrons. The van der Waals surface area contributed by atoms with Gasteiger partial charge in [-0.15, -0.1) is 56.7 Å². The SMILES string of the molecule is CC(C)(C)OC(=O)c1c(-c2cc3ccccc3o2)csc1NC(=O)CCc1ccccc1.CC(Cc1ccccc1)C(=O)Nc1scc(-c2ccc(Br)cc2)c1C(=O)O.CC(Cc1ccccc1)C(=O)Nc1scc(-c2ccc(Cl)cc2)c1C(=O)O.Cc1cccc(CCC(=S)Nc2scc(-c3ccc(Cl)cc3)c2C(=O)O)c1.O=C(O)c1c(-c2ccc(Cl)cc2)csc1NC(=O)C(F)Cc1ccccc1. The second kappa shape index (κ2) is 50.5. The summed E-state index contributed by atoms with van der Waals surface area (Å²) in [6, 6.07) is 84.1. The minimum atomic E-state index is -1.78. The van der Waals surface area contributed by atoms with Gasteiger partial charge in [0.1, 0.15) is 69.8 Å². The summed E-state index contributed by atoms with van der Waals surface area (Å²) in [6.07, 6.45) is 1.73. The Kier molecular flexibility index (Phi) is 38.0. The highest BCUT2D eigenvalue weighted by Crippen LogP contribution is 2.44. The van der Waals surface area contributed by atoms with E-state index in [1.54, 1.807) is 107 Å². The largest absolute Gasteiger partial charge is 0.478 e. The second-order valence-electron chi connectivity index (χ2n) is 33.0. The molecule has 0 saturated carbocycles. The number of alkyl halides is 1. The maximum atomic E-state index is 14.3. The van der Waals surface area contributed by atoms with Crippen LogP contribution in [0.25, 0.3) is 66.8 Å². The van der Waals surface area contributed by atoms with Crippen molar-refractivity contribution in [2.75, 3.05) is 26.6 Å². The number of ether oxygens (including phenoxy) is 1. The molecule has 0 saturated heterocycles. The number of aromatic carboxylic acids is 4. The Bertz CT molecular complexity index is 6620. The third-order valence-electron chi connectivity index (χ3n) is 21.4. The Morgan fingerprint density at radius 1 is 0.400 bits per heavy atom. The first-order chi connectivity index (χ1) is 67.1. The zero-order chi connectivity index (χ0) is 100. The van der Waals surface area contributed by atoms with Crippen molar-refractivity contribution in [3.05, 3.63) is 381 Å². The van der Waals surface area contributed by atoms with Crippen LogP contribution in [-0.2, 0) is 56.0 Å². The number of amides is 4. The van der Waals surface area contributed by atoms with Gasteiger partial charge in [-0.25, -0.2) is 28.4 Å². The average Bonchev–Trinajstić information content (AvgIpc) is 1.63. The van der Waals surface area contributed by atoms with Crippen LogP contribution in [0.3, 0.4) is 0 Å². The third kappa shape index (κ3) is 30.1. The number of nitrogens with one attached hydrogen (secondary N) is 5. The molecule has 16 rings (SSSR count). The Labute approximate surface area is 857 Å². The fourth-order valence-electron chi connectivity index (χ4n) is 14.4. The molecule has 0 aliphatic heterocycles. The summed E-state index contributed by atoms with van der Waals surface area (Å²) in [5.74, 6) is -6.21. The van der Waals surface area contributed by atoms with E-state index in [0.29, 0.717) is 122 Å². The van der Waals surface area contributed by atoms with Crippen molar-refractivity contribution in [1.29, 1.82) is 0 Å². The van der Waals surface area contributed by atoms with Crippen molar-refractivity contribution in [3.8, 4) is 55.8 Å². The Balaban J connectivity index is 0.000000157. The number of hydrogen-bond acceptors (Lipinski definition) is 17. The van der Waals surface area contributed by atoms with Crippen LogP contribution in [0.1, 0.15) is 133 Å². The van der Waals surface area contributed by atoms with E-state index >= 15 is 0 Å². The molecule has 4 amide bonds. The molecule has 10 aromatic carbocycles. The van der Waals surface area contributed by atoms with Crippen molar-refractivity contribution < 1.29 is 77.1 Å². The molecule has 0 fully saturated rings. The number of carboxylic acids is 4. The van der Waals surface area contributed by atoms with Gasteiger partial charge in [0.2, 0.25) is 17.7 Å². The number of thiophene rings is 5. The van der Waals surface area contributed by atoms with Crippen LogP contribution in [0, 0.1) is 18.8 Å². The first-order valence-corrected chi connectivity index (χ1v) is 50.5. The van der Waals surface area contributed by atoms with E-state index in [0.717, 1.165) is 66.6 Å². The number of para-hydroxylation sites is 1. The molecule has 0 aliphatic carbocycles. The molecule has 0 radical (unpaired) electrons. The average molecular weight is 2110 g/mol. The van der Waals surface area contributed by atoms with E-state index in [1.165, 1.54) is 56.5 Å². The summed E-state index contributed by atoms with van der Waals surface area (Å²) in [5.41, 5.74) is 13.0. The fraction of sp³-hybridized carbons (Fsp3) is 0.156. The number of anilines is 5. The molecule has 3 atom stereocenters. The predicted molar refractivity (Wildman–Crippen MR) is 573 cm³/mol. The van der Waals surface area contributed by atoms with Crippen LogP contribution >= 0.6 is 120 Å². The third-order valence-corrected chi connectivity index (χ3v) is 27.4. The van der Waals surface area contributed by atoms with Crippen molar-refractivity contribution >= 4 is 214 Å². The second-order valence-corrected chi connectivity index (χ2v) is 40.2. The molecule has 0 spiro atoms. The Hall–Kier alpha value is -13.4. The maximum Gasteiger partial charge on any atom is 0.342 e. The van der Waals surface area contributed by atoms with E-state index in [-0.39, 0.29) is 63.2 Å². The summed E-state index contributed by atoms with van der Waals surface area (Å²) < 4.78 is 26.9. The number of furan rings is 1. The highest BCUT2D eigenvalue weighted by molar-refractivity contribution is 9.10. The van der Waals surface area contributed by atoms with Gasteiger partial charge in [0, 0.05) is 111 Å². The quantitative estimate of drug-likeness (QED) is 0.0149. The molecule has 6 aromatic heterocycles. The van der Waals surface area contributed by atoms with Crippen molar-refractivity contribution in [1.82, 2.24) is 0 Å². The predicted octanol–water partition coefficient (Wildman–Crippen LogP) is 29.7. The van der Waals surface area contributed by atoms with Crippen LogP contribution in [0.15, 0.2) is 309 Å². The van der Waals surface area contributed by atoms with E-state index in [1.807, 2.05) is 209 Å². The lowest BCUT2D eigenvalue weighted by Crippen LogP contribution is -2.26. The fourth-order valence-corrected chi connectivity index (χ4v) is 20.1. The monoisotopic (exact) mass is 2110 g/mol. The number of fused-ring (bicyclic) bond motifs is 1. The van der Waals surface area contributed by atoms with E-state index in [9.17, 15) is 68.0 Å². The van der Waals surface area contributed by atoms with Crippen molar-refractivity contribution in [2.24, 2.45) is 11.8 Å². The van der Waals surface area contributed by atoms with Crippen LogP contribution in [0.5, 0.6) is 0 Å². The van der Waals surface area contributed by atoms with E-state index in [4.69, 9.17) is 56.2 Å². The summed E-state index contributed by atoms with van der Waals surface area (Å²) in [5, 5.41) is 65.9. The molecule has 3 unspecified atom stereocenters. The molecule has 140 heavy (non-hydrogen) atoms. The van der Waals surface area contributed by atoms with Crippen LogP contribution < -0.4 is 26.6 Å². The number of benzene rings is 10. The smallest absolute Gasteiger partial charge is 0.342 e. The lowest BCUT2D eigenvalue weighted by atomic mass is 10.00.